The molecule has 4 N–H and O–H groups in total. The summed E-state index contributed by atoms with van der Waals surface area (Å²) in [5, 5.41) is 12.7. The number of alkyl halides is 3. The minimum absolute atomic E-state index is 0. The predicted molar refractivity (Wildman–Crippen MR) is 352 cm³/mol. The van der Waals surface area contributed by atoms with E-state index in [2.05, 4.69) is 125 Å². The van der Waals surface area contributed by atoms with Crippen LogP contribution >= 0.6 is 43.1 Å². The largest absolute Gasteiger partial charge is 0 e. The number of benzene rings is 2. The summed E-state index contributed by atoms with van der Waals surface area (Å²) in [7, 11) is 0. The van der Waals surface area contributed by atoms with Crippen LogP contribution in [-0.2, 0) is 71.0 Å². The number of unbranched alkanes of at least 4 members (excludes halogenated alkanes) is 2. The van der Waals surface area contributed by atoms with Crippen molar-refractivity contribution < 1.29 is 80.5 Å². The number of carbonyl (C=O) groups is 7. The molecule has 4 heterocycles. The van der Waals surface area contributed by atoms with Crippen LogP contribution in [0, 0.1) is 5.92 Å². The van der Waals surface area contributed by atoms with Crippen LogP contribution in [0.2, 0.25) is 0 Å². The van der Waals surface area contributed by atoms with Gasteiger partial charge in [0.25, 0.3) is 0 Å². The van der Waals surface area contributed by atoms with Crippen molar-refractivity contribution in [3.8, 4) is 11.1 Å². The van der Waals surface area contributed by atoms with E-state index in [1.807, 2.05) is 42.6 Å². The zero-order valence-corrected chi connectivity index (χ0v) is 63.1. The molecule has 0 bridgehead atoms. The standard InChI is InChI=1S/C21H39IN2O3S.C17H16O2.C14H22N2O3S.C5H9O2.C4H9.C3H8.K.Y/c1-5-12-22(21(2,3)4)13-16(26)11-10-15(25)8-6-7-9-18-19-17(14-28-18)23-20(27)24-19;1-2-17(18)19-11-16-14-9-5-3-7-12(14)13-8-4-6-10-15(13)16;1-9(17)6-7-10(18)4-2-3-5-12-13-11(8-20-12)15-14(19)16-13;1-5(2,3)7-4-6;1-4(2)3;1-3-2;;/h17-19H,5-14,22H2,1-4H3,(H2,23,24,27);3-10,16H,2,11H2,1H3;11-13H,2-8H2,1H3,(H2,15,16,19);1-3H3;1-3H3;3H2,1-2H3;;/q;;;2*-1;;;/i22T;;;;;;;. The van der Waals surface area contributed by atoms with Crippen LogP contribution in [0.15, 0.2) is 48.5 Å². The van der Waals surface area contributed by atoms with Gasteiger partial charge in [-0.05, 0) is 62.8 Å². The normalized spacial score (nSPS) is 19.9. The van der Waals surface area contributed by atoms with Gasteiger partial charge in [0.15, 0.2) is 0 Å². The fraction of sp³-hybridized carbons (Fsp3) is 0.672. The Hall–Kier alpha value is -1.23. The number of urea groups is 2. The van der Waals surface area contributed by atoms with E-state index < -0.39 is 19.6 Å². The molecule has 4 fully saturated rings. The van der Waals surface area contributed by atoms with Crippen LogP contribution in [0.1, 0.15) is 210 Å². The van der Waals surface area contributed by atoms with Crippen LogP contribution in [0.4, 0.5) is 9.59 Å². The summed E-state index contributed by atoms with van der Waals surface area (Å²) in [5.74, 6) is 3.94. The van der Waals surface area contributed by atoms with Gasteiger partial charge in [0.05, 0.1) is 17.7 Å². The van der Waals surface area contributed by atoms with Crippen molar-refractivity contribution in [2.75, 3.05) is 27.0 Å². The number of Topliss-reactive ketones (excluding diaryl/α,β-unsaturated/α-hetero) is 4. The number of hydrogen-bond donors (Lipinski definition) is 4. The SMILES string of the molecule is CC(=O)CCC(=O)CCCCC1SCC2NC(=O)NC21.CC(C)(C)O[C-]=O.CCC.CCC(=O)OCC1c2ccccc2-c2ccccc21.C[C-](C)C.[3H][IH](CCC)(CC(=O)CCC(=O)CCCCC1SCC2NC(=O)NC21)C(C)(C)C.[K].[Y]. The average Bonchev–Trinajstić information content (AvgIpc) is 3.71. The summed E-state index contributed by atoms with van der Waals surface area (Å²) in [6, 6.07) is 17.6. The third-order valence-corrected chi connectivity index (χ3v) is 25.8. The van der Waals surface area contributed by atoms with Crippen molar-refractivity contribution >= 4 is 142 Å². The second-order valence-electron chi connectivity index (χ2n) is 23.8. The number of carbonyl (C=O) groups excluding carboxylic acids is 8. The first-order chi connectivity index (χ1) is 38.6. The maximum Gasteiger partial charge on any atom is 0 e. The Morgan fingerprint density at radius 2 is 1.11 bits per heavy atom. The molecule has 4 saturated heterocycles. The van der Waals surface area contributed by atoms with E-state index in [0.29, 0.717) is 66.5 Å². The number of halogens is 1. The summed E-state index contributed by atoms with van der Waals surface area (Å²) in [6.07, 6.45) is 10.9. The number of thioether (sulfide) groups is 2. The molecule has 0 aromatic heterocycles. The number of amides is 4. The average molecular weight is 1410 g/mol. The molecule has 0 spiro atoms. The molecule has 4 aliphatic heterocycles. The minimum Gasteiger partial charge on any atom is 0 e. The van der Waals surface area contributed by atoms with Crippen LogP contribution in [0.25, 0.3) is 11.1 Å². The van der Waals surface area contributed by atoms with Gasteiger partial charge in [-0.3, -0.25) is 9.59 Å². The monoisotopic (exact) mass is 1410 g/mol. The molecule has 0 saturated carbocycles. The predicted octanol–water partition coefficient (Wildman–Crippen LogP) is 12.7. The summed E-state index contributed by atoms with van der Waals surface area (Å²) in [5.41, 5.74) is 4.66. The molecular formula is C64H103IKN4O10S2Y-2. The topological polar surface area (TPSA) is 203 Å². The molecule has 4 amide bonds. The Morgan fingerprint density at radius 3 is 1.48 bits per heavy atom. The molecule has 19 heteroatoms. The van der Waals surface area contributed by atoms with Crippen molar-refractivity contribution in [2.24, 2.45) is 0 Å². The molecule has 6 unspecified atom stereocenters. The van der Waals surface area contributed by atoms with Gasteiger partial charge in [0.1, 0.15) is 18.2 Å². The Bertz CT molecular complexity index is 2290. The summed E-state index contributed by atoms with van der Waals surface area (Å²) < 4.78 is 19.9. The van der Waals surface area contributed by atoms with Gasteiger partial charge in [-0.1, -0.05) is 88.6 Å². The van der Waals surface area contributed by atoms with E-state index in [-0.39, 0.29) is 164 Å². The van der Waals surface area contributed by atoms with Crippen LogP contribution in [0.5, 0.6) is 0 Å². The number of rotatable bonds is 24. The summed E-state index contributed by atoms with van der Waals surface area (Å²) in [6.45, 7) is 29.4. The maximum absolute atomic E-state index is 12.5. The van der Waals surface area contributed by atoms with E-state index in [1.165, 1.54) is 48.0 Å². The number of esters is 1. The van der Waals surface area contributed by atoms with E-state index in [4.69, 9.17) is 5.33 Å². The third kappa shape index (κ3) is 33.2. The summed E-state index contributed by atoms with van der Waals surface area (Å²) in [4.78, 5) is 90.5. The number of fused-ring (bicyclic) bond motifs is 5. The van der Waals surface area contributed by atoms with Crippen molar-refractivity contribution in [3.05, 3.63) is 65.6 Å². The first-order valence-electron chi connectivity index (χ1n) is 29.9. The maximum atomic E-state index is 12.5. The fourth-order valence-corrected chi connectivity index (χ4v) is 18.8. The van der Waals surface area contributed by atoms with Crippen molar-refractivity contribution in [1.82, 2.24) is 21.3 Å². The van der Waals surface area contributed by atoms with Crippen LogP contribution in [0.3, 0.4) is 0 Å². The zero-order chi connectivity index (χ0) is 61.6. The molecule has 5 aliphatic rings. The molecule has 464 valence electrons. The number of nitrogens with one attached hydrogen (secondary N) is 4. The van der Waals surface area contributed by atoms with Crippen LogP contribution in [-0.4, -0.2) is 170 Å². The zero-order valence-electron chi connectivity index (χ0n) is 54.2. The minimum atomic E-state index is -3.00. The van der Waals surface area contributed by atoms with Crippen molar-refractivity contribution in [2.45, 2.75) is 243 Å². The van der Waals surface area contributed by atoms with Crippen LogP contribution < -0.4 is 21.3 Å². The van der Waals surface area contributed by atoms with Gasteiger partial charge in [0.2, 0.25) is 0 Å². The van der Waals surface area contributed by atoms with Gasteiger partial charge in [-0.25, -0.2) is 9.59 Å². The first kappa shape index (κ1) is 79.8. The Balaban J connectivity index is 0.00000111. The number of ether oxygens (including phenoxy) is 2. The van der Waals surface area contributed by atoms with Crippen molar-refractivity contribution in [3.63, 3.8) is 0 Å². The smallest absolute Gasteiger partial charge is 0 e. The molecule has 2 aromatic carbocycles. The molecule has 1 aliphatic carbocycles. The molecular weight excluding hydrogens is 1300 g/mol. The van der Waals surface area contributed by atoms with E-state index in [1.54, 1.807) is 20.8 Å². The van der Waals surface area contributed by atoms with E-state index in [0.717, 1.165) is 60.9 Å². The second-order valence-corrected chi connectivity index (χ2v) is 34.6. The Labute approximate surface area is 584 Å². The number of ketones is 4. The first-order valence-corrected chi connectivity index (χ1v) is 36.1. The van der Waals surface area contributed by atoms with E-state index >= 15 is 0 Å². The van der Waals surface area contributed by atoms with Gasteiger partial charge >= 0.3 is 184 Å². The van der Waals surface area contributed by atoms with Gasteiger partial charge in [0, 0.05) is 127 Å². The molecule has 6 atom stereocenters. The van der Waals surface area contributed by atoms with E-state index in [9.17, 15) is 38.4 Å². The Kier molecular flexibility index (Phi) is 42.5. The third-order valence-electron chi connectivity index (χ3n) is 13.4. The number of hydrogen-bond acceptors (Lipinski definition) is 12. The Morgan fingerprint density at radius 1 is 0.687 bits per heavy atom. The van der Waals surface area contributed by atoms with Gasteiger partial charge < -0.3 is 40.9 Å². The quantitative estimate of drug-likeness (QED) is 0.0147. The molecule has 14 nitrogen and oxygen atoms in total. The molecule has 83 heavy (non-hydrogen) atoms. The molecule has 2 aromatic rings. The second kappa shape index (κ2) is 44.3. The molecule has 7 rings (SSSR count). The van der Waals surface area contributed by atoms with Crippen molar-refractivity contribution in [1.29, 1.82) is 0.594 Å². The van der Waals surface area contributed by atoms with Gasteiger partial charge in [-0.2, -0.15) is 32.5 Å². The van der Waals surface area contributed by atoms with Gasteiger partial charge in [-0.15, -0.1) is 0 Å². The summed E-state index contributed by atoms with van der Waals surface area (Å²) >= 11 is 0.806. The fourth-order valence-electron chi connectivity index (χ4n) is 9.42. The molecule has 2 radical (unpaired) electrons.